The molecule has 0 aromatic heterocycles. The van der Waals surface area contributed by atoms with Crippen molar-refractivity contribution in [3.05, 3.63) is 0 Å². The number of hydrogen-bond donors (Lipinski definition) is 1. The van der Waals surface area contributed by atoms with Crippen LogP contribution in [0.5, 0.6) is 0 Å². The van der Waals surface area contributed by atoms with Gasteiger partial charge in [-0.1, -0.05) is 13.8 Å². The lowest BCUT2D eigenvalue weighted by Gasteiger charge is -2.34. The summed E-state index contributed by atoms with van der Waals surface area (Å²) < 4.78 is 0. The standard InChI is InChI=1S/C11H23N3O/c1-3-5-12-11(15)14-9-7-13(6-4-2)8-10-14/h3-10H2,1-2H3,(H,12,15). The summed E-state index contributed by atoms with van der Waals surface area (Å²) in [5.74, 6) is 0. The number of rotatable bonds is 4. The highest BCUT2D eigenvalue weighted by Gasteiger charge is 2.19. The number of piperazine rings is 1. The first kappa shape index (κ1) is 12.3. The minimum absolute atomic E-state index is 0.105. The lowest BCUT2D eigenvalue weighted by Crippen LogP contribution is -2.51. The normalized spacial score (nSPS) is 17.9. The lowest BCUT2D eigenvalue weighted by atomic mass is 10.3. The molecular weight excluding hydrogens is 190 g/mol. The molecule has 1 saturated heterocycles. The second-order valence-electron chi connectivity index (χ2n) is 4.06. The van der Waals surface area contributed by atoms with Crippen LogP contribution in [-0.4, -0.2) is 55.1 Å². The quantitative estimate of drug-likeness (QED) is 0.760. The van der Waals surface area contributed by atoms with Crippen molar-refractivity contribution in [1.82, 2.24) is 15.1 Å². The average Bonchev–Trinajstić information content (AvgIpc) is 2.27. The van der Waals surface area contributed by atoms with Gasteiger partial charge in [0, 0.05) is 32.7 Å². The summed E-state index contributed by atoms with van der Waals surface area (Å²) in [5, 5.41) is 2.92. The van der Waals surface area contributed by atoms with Gasteiger partial charge < -0.3 is 10.2 Å². The van der Waals surface area contributed by atoms with Crippen molar-refractivity contribution in [3.8, 4) is 0 Å². The maximum atomic E-state index is 11.6. The summed E-state index contributed by atoms with van der Waals surface area (Å²) in [6.45, 7) is 9.99. The highest BCUT2D eigenvalue weighted by atomic mass is 16.2. The van der Waals surface area contributed by atoms with Gasteiger partial charge in [0.25, 0.3) is 0 Å². The fourth-order valence-electron chi connectivity index (χ4n) is 1.83. The maximum Gasteiger partial charge on any atom is 0.317 e. The molecule has 0 aromatic carbocycles. The number of urea groups is 1. The summed E-state index contributed by atoms with van der Waals surface area (Å²) in [6.07, 6.45) is 2.20. The second kappa shape index (κ2) is 6.67. The Morgan fingerprint density at radius 3 is 2.33 bits per heavy atom. The number of nitrogens with one attached hydrogen (secondary N) is 1. The van der Waals surface area contributed by atoms with Crippen LogP contribution in [0.3, 0.4) is 0 Å². The first-order chi connectivity index (χ1) is 7.27. The summed E-state index contributed by atoms with van der Waals surface area (Å²) in [4.78, 5) is 16.0. The van der Waals surface area contributed by atoms with E-state index in [1.54, 1.807) is 0 Å². The van der Waals surface area contributed by atoms with Crippen LogP contribution in [0.25, 0.3) is 0 Å². The van der Waals surface area contributed by atoms with Gasteiger partial charge in [-0.15, -0.1) is 0 Å². The fraction of sp³-hybridized carbons (Fsp3) is 0.909. The lowest BCUT2D eigenvalue weighted by molar-refractivity contribution is 0.139. The molecule has 0 aromatic rings. The molecule has 0 atom stereocenters. The van der Waals surface area contributed by atoms with Crippen molar-refractivity contribution in [1.29, 1.82) is 0 Å². The van der Waals surface area contributed by atoms with E-state index < -0.39 is 0 Å². The average molecular weight is 213 g/mol. The predicted molar refractivity (Wildman–Crippen MR) is 62.0 cm³/mol. The van der Waals surface area contributed by atoms with Crippen LogP contribution in [-0.2, 0) is 0 Å². The molecule has 88 valence electrons. The molecule has 15 heavy (non-hydrogen) atoms. The topological polar surface area (TPSA) is 35.6 Å². The molecule has 1 N–H and O–H groups in total. The molecular formula is C11H23N3O. The van der Waals surface area contributed by atoms with Crippen LogP contribution in [0.2, 0.25) is 0 Å². The van der Waals surface area contributed by atoms with Gasteiger partial charge >= 0.3 is 6.03 Å². The monoisotopic (exact) mass is 213 g/mol. The molecule has 0 bridgehead atoms. The maximum absolute atomic E-state index is 11.6. The molecule has 0 spiro atoms. The van der Waals surface area contributed by atoms with Gasteiger partial charge in [-0.2, -0.15) is 0 Å². The van der Waals surface area contributed by atoms with E-state index in [9.17, 15) is 4.79 Å². The number of amides is 2. The van der Waals surface area contributed by atoms with Crippen molar-refractivity contribution in [2.75, 3.05) is 39.3 Å². The highest BCUT2D eigenvalue weighted by Crippen LogP contribution is 2.02. The zero-order chi connectivity index (χ0) is 11.1. The summed E-state index contributed by atoms with van der Waals surface area (Å²) in [6, 6.07) is 0.105. The van der Waals surface area contributed by atoms with Crippen molar-refractivity contribution >= 4 is 6.03 Å². The fourth-order valence-corrected chi connectivity index (χ4v) is 1.83. The minimum atomic E-state index is 0.105. The van der Waals surface area contributed by atoms with Crippen molar-refractivity contribution in [2.45, 2.75) is 26.7 Å². The molecule has 2 amide bonds. The van der Waals surface area contributed by atoms with Crippen LogP contribution in [0.15, 0.2) is 0 Å². The Morgan fingerprint density at radius 2 is 1.80 bits per heavy atom. The zero-order valence-corrected chi connectivity index (χ0v) is 9.96. The van der Waals surface area contributed by atoms with Crippen LogP contribution < -0.4 is 5.32 Å². The van der Waals surface area contributed by atoms with Crippen LogP contribution in [0.4, 0.5) is 4.79 Å². The van der Waals surface area contributed by atoms with E-state index >= 15 is 0 Å². The Balaban J connectivity index is 2.21. The third-order valence-corrected chi connectivity index (χ3v) is 2.73. The van der Waals surface area contributed by atoms with Gasteiger partial charge in [-0.05, 0) is 19.4 Å². The van der Waals surface area contributed by atoms with Gasteiger partial charge in [0.2, 0.25) is 0 Å². The minimum Gasteiger partial charge on any atom is -0.338 e. The predicted octanol–water partition coefficient (Wildman–Crippen LogP) is 1.13. The first-order valence-electron chi connectivity index (χ1n) is 6.03. The van der Waals surface area contributed by atoms with Gasteiger partial charge in [0.15, 0.2) is 0 Å². The number of hydrogen-bond acceptors (Lipinski definition) is 2. The Bertz CT molecular complexity index is 188. The molecule has 1 fully saturated rings. The second-order valence-corrected chi connectivity index (χ2v) is 4.06. The van der Waals surface area contributed by atoms with Gasteiger partial charge in [0.1, 0.15) is 0 Å². The molecule has 1 heterocycles. The Kier molecular flexibility index (Phi) is 5.47. The molecule has 0 unspecified atom stereocenters. The van der Waals surface area contributed by atoms with Crippen molar-refractivity contribution in [3.63, 3.8) is 0 Å². The van der Waals surface area contributed by atoms with Crippen molar-refractivity contribution in [2.24, 2.45) is 0 Å². The zero-order valence-electron chi connectivity index (χ0n) is 9.96. The van der Waals surface area contributed by atoms with E-state index in [-0.39, 0.29) is 6.03 Å². The SMILES string of the molecule is CCCNC(=O)N1CCN(CCC)CC1. The van der Waals surface area contributed by atoms with Crippen LogP contribution in [0.1, 0.15) is 26.7 Å². The van der Waals surface area contributed by atoms with E-state index in [0.717, 1.165) is 45.7 Å². The third-order valence-electron chi connectivity index (χ3n) is 2.73. The smallest absolute Gasteiger partial charge is 0.317 e. The Labute approximate surface area is 92.6 Å². The first-order valence-corrected chi connectivity index (χ1v) is 6.03. The molecule has 1 aliphatic heterocycles. The molecule has 0 aliphatic carbocycles. The van der Waals surface area contributed by atoms with E-state index in [4.69, 9.17) is 0 Å². The number of carbonyl (C=O) groups excluding carboxylic acids is 1. The summed E-state index contributed by atoms with van der Waals surface area (Å²) in [5.41, 5.74) is 0. The van der Waals surface area contributed by atoms with E-state index in [2.05, 4.69) is 24.1 Å². The Morgan fingerprint density at radius 1 is 1.13 bits per heavy atom. The van der Waals surface area contributed by atoms with E-state index in [1.165, 1.54) is 6.42 Å². The van der Waals surface area contributed by atoms with Gasteiger partial charge in [-0.3, -0.25) is 4.90 Å². The van der Waals surface area contributed by atoms with Crippen LogP contribution >= 0.6 is 0 Å². The van der Waals surface area contributed by atoms with E-state index in [0.29, 0.717) is 0 Å². The molecule has 1 aliphatic rings. The molecule has 0 radical (unpaired) electrons. The molecule has 1 rings (SSSR count). The van der Waals surface area contributed by atoms with Crippen LogP contribution in [0, 0.1) is 0 Å². The molecule has 4 heteroatoms. The largest absolute Gasteiger partial charge is 0.338 e. The Hall–Kier alpha value is -0.770. The van der Waals surface area contributed by atoms with Gasteiger partial charge in [-0.25, -0.2) is 4.79 Å². The van der Waals surface area contributed by atoms with E-state index in [1.807, 2.05) is 4.90 Å². The molecule has 0 saturated carbocycles. The van der Waals surface area contributed by atoms with Crippen molar-refractivity contribution < 1.29 is 4.79 Å². The summed E-state index contributed by atoms with van der Waals surface area (Å²) >= 11 is 0. The number of nitrogens with zero attached hydrogens (tertiary/aromatic N) is 2. The number of carbonyl (C=O) groups is 1. The van der Waals surface area contributed by atoms with Gasteiger partial charge in [0.05, 0.1) is 0 Å². The molecule has 4 nitrogen and oxygen atoms in total. The highest BCUT2D eigenvalue weighted by molar-refractivity contribution is 5.74. The summed E-state index contributed by atoms with van der Waals surface area (Å²) in [7, 11) is 0. The third kappa shape index (κ3) is 4.08.